The van der Waals surface area contributed by atoms with Gasteiger partial charge in [0, 0.05) is 7.11 Å². The lowest BCUT2D eigenvalue weighted by atomic mass is 10.3. The lowest BCUT2D eigenvalue weighted by Gasteiger charge is -2.02. The number of rotatable bonds is 3. The van der Waals surface area contributed by atoms with E-state index in [0.29, 0.717) is 0 Å². The molecule has 0 N–H and O–H groups in total. The van der Waals surface area contributed by atoms with Crippen LogP contribution in [0.5, 0.6) is 0 Å². The van der Waals surface area contributed by atoms with Gasteiger partial charge in [-0.2, -0.15) is 0 Å². The summed E-state index contributed by atoms with van der Waals surface area (Å²) in [7, 11) is 1.64. The fourth-order valence-electron chi connectivity index (χ4n) is 0.282. The van der Waals surface area contributed by atoms with Crippen LogP contribution in [0.3, 0.4) is 0 Å². The molecule has 0 aromatic carbocycles. The van der Waals surface area contributed by atoms with Crippen molar-refractivity contribution in [3.05, 3.63) is 19.6 Å². The summed E-state index contributed by atoms with van der Waals surface area (Å²) in [6.07, 6.45) is 2.70. The molecule has 0 rings (SSSR count). The van der Waals surface area contributed by atoms with Gasteiger partial charge in [0.1, 0.15) is 0 Å². The average Bonchev–Trinajstić information content (AvgIpc) is 1.68. The maximum Gasteiger partial charge on any atom is 0.0606 e. The minimum atomic E-state index is 0.0810. The standard InChI is InChI=1S/C6H11O/c1-4-5-6(2)7-3/h4,6H,1-2,5H2,3H3. The van der Waals surface area contributed by atoms with Crippen molar-refractivity contribution in [1.29, 1.82) is 0 Å². The Hall–Kier alpha value is -0.300. The molecule has 0 aromatic rings. The average molecular weight is 99.2 g/mol. The molecule has 0 fully saturated rings. The molecule has 41 valence electrons. The summed E-state index contributed by atoms with van der Waals surface area (Å²) in [5, 5.41) is 0. The van der Waals surface area contributed by atoms with Crippen molar-refractivity contribution in [1.82, 2.24) is 0 Å². The molecule has 1 atom stereocenters. The molecule has 0 saturated heterocycles. The monoisotopic (exact) mass is 99.1 g/mol. The van der Waals surface area contributed by atoms with E-state index in [1.807, 2.05) is 0 Å². The summed E-state index contributed by atoms with van der Waals surface area (Å²) in [5.74, 6) is 0. The fourth-order valence-corrected chi connectivity index (χ4v) is 0.282. The second-order valence-corrected chi connectivity index (χ2v) is 1.38. The molecule has 0 heterocycles. The van der Waals surface area contributed by atoms with Gasteiger partial charge in [-0.1, -0.05) is 6.08 Å². The van der Waals surface area contributed by atoms with E-state index in [0.717, 1.165) is 6.42 Å². The van der Waals surface area contributed by atoms with Gasteiger partial charge in [0.2, 0.25) is 0 Å². The highest BCUT2D eigenvalue weighted by molar-refractivity contribution is 4.73. The summed E-state index contributed by atoms with van der Waals surface area (Å²) in [6, 6.07) is 0. The van der Waals surface area contributed by atoms with Gasteiger partial charge in [0.15, 0.2) is 0 Å². The number of methoxy groups -OCH3 is 1. The minimum absolute atomic E-state index is 0.0810. The Morgan fingerprint density at radius 2 is 2.43 bits per heavy atom. The van der Waals surface area contributed by atoms with Gasteiger partial charge in [-0.15, -0.1) is 6.58 Å². The van der Waals surface area contributed by atoms with E-state index in [1.165, 1.54) is 0 Å². The highest BCUT2D eigenvalue weighted by Crippen LogP contribution is 1.92. The first-order valence-corrected chi connectivity index (χ1v) is 2.28. The van der Waals surface area contributed by atoms with Crippen molar-refractivity contribution in [2.75, 3.05) is 7.11 Å². The molecule has 7 heavy (non-hydrogen) atoms. The summed E-state index contributed by atoms with van der Waals surface area (Å²) in [6.45, 7) is 7.18. The van der Waals surface area contributed by atoms with E-state index in [2.05, 4.69) is 13.5 Å². The van der Waals surface area contributed by atoms with Gasteiger partial charge in [-0.3, -0.25) is 0 Å². The summed E-state index contributed by atoms with van der Waals surface area (Å²) >= 11 is 0. The van der Waals surface area contributed by atoms with Gasteiger partial charge in [-0.05, 0) is 13.3 Å². The van der Waals surface area contributed by atoms with Crippen molar-refractivity contribution in [2.45, 2.75) is 12.5 Å². The second kappa shape index (κ2) is 3.88. The van der Waals surface area contributed by atoms with Crippen LogP contribution in [0, 0.1) is 6.92 Å². The predicted molar refractivity (Wildman–Crippen MR) is 31.0 cm³/mol. The Morgan fingerprint density at radius 3 is 2.57 bits per heavy atom. The molecule has 1 nitrogen and oxygen atoms in total. The summed E-state index contributed by atoms with van der Waals surface area (Å²) < 4.78 is 4.81. The molecule has 0 aromatic heterocycles. The highest BCUT2D eigenvalue weighted by atomic mass is 16.5. The van der Waals surface area contributed by atoms with Crippen LogP contribution in [0.25, 0.3) is 0 Å². The SMILES string of the molecule is [CH2]C(CC=C)OC. The Labute approximate surface area is 45.0 Å². The number of hydrogen-bond acceptors (Lipinski definition) is 1. The molecule has 0 aliphatic heterocycles. The van der Waals surface area contributed by atoms with E-state index in [1.54, 1.807) is 13.2 Å². The van der Waals surface area contributed by atoms with Crippen LogP contribution in [-0.2, 0) is 4.74 Å². The third-order valence-corrected chi connectivity index (χ3v) is 0.763. The van der Waals surface area contributed by atoms with Crippen LogP contribution in [0.4, 0.5) is 0 Å². The quantitative estimate of drug-likeness (QED) is 0.486. The van der Waals surface area contributed by atoms with Crippen LogP contribution in [-0.4, -0.2) is 13.2 Å². The van der Waals surface area contributed by atoms with E-state index in [9.17, 15) is 0 Å². The van der Waals surface area contributed by atoms with Crippen LogP contribution in [0.15, 0.2) is 12.7 Å². The number of hydrogen-bond donors (Lipinski definition) is 0. The van der Waals surface area contributed by atoms with Gasteiger partial charge in [-0.25, -0.2) is 0 Å². The molecule has 0 bridgehead atoms. The van der Waals surface area contributed by atoms with Crippen molar-refractivity contribution in [3.63, 3.8) is 0 Å². The fraction of sp³-hybridized carbons (Fsp3) is 0.500. The zero-order valence-corrected chi connectivity index (χ0v) is 4.68. The van der Waals surface area contributed by atoms with Crippen LogP contribution < -0.4 is 0 Å². The molecule has 0 spiro atoms. The Morgan fingerprint density at radius 1 is 1.86 bits per heavy atom. The molecular formula is C6H11O. The molecule has 0 aliphatic carbocycles. The Bertz CT molecular complexity index is 50.1. The van der Waals surface area contributed by atoms with Crippen LogP contribution in [0.2, 0.25) is 0 Å². The third-order valence-electron chi connectivity index (χ3n) is 0.763. The molecule has 1 heteroatoms. The highest BCUT2D eigenvalue weighted by Gasteiger charge is 1.90. The normalized spacial score (nSPS) is 13.4. The second-order valence-electron chi connectivity index (χ2n) is 1.38. The predicted octanol–water partition coefficient (Wildman–Crippen LogP) is 1.41. The first kappa shape index (κ1) is 6.70. The number of ether oxygens (including phenoxy) is 1. The van der Waals surface area contributed by atoms with E-state index in [4.69, 9.17) is 4.74 Å². The van der Waals surface area contributed by atoms with E-state index in [-0.39, 0.29) is 6.10 Å². The van der Waals surface area contributed by atoms with Crippen molar-refractivity contribution < 1.29 is 4.74 Å². The zero-order chi connectivity index (χ0) is 5.70. The van der Waals surface area contributed by atoms with Gasteiger partial charge < -0.3 is 4.74 Å². The van der Waals surface area contributed by atoms with Crippen molar-refractivity contribution >= 4 is 0 Å². The molecule has 0 saturated carbocycles. The Balaban J connectivity index is 2.98. The van der Waals surface area contributed by atoms with Crippen molar-refractivity contribution in [2.24, 2.45) is 0 Å². The molecule has 1 radical (unpaired) electrons. The first-order valence-electron chi connectivity index (χ1n) is 2.28. The molecular weight excluding hydrogens is 88.1 g/mol. The Kier molecular flexibility index (Phi) is 3.71. The van der Waals surface area contributed by atoms with Crippen molar-refractivity contribution in [3.8, 4) is 0 Å². The first-order chi connectivity index (χ1) is 3.31. The van der Waals surface area contributed by atoms with E-state index >= 15 is 0 Å². The van der Waals surface area contributed by atoms with Gasteiger partial charge >= 0.3 is 0 Å². The zero-order valence-electron chi connectivity index (χ0n) is 4.68. The molecule has 0 amide bonds. The summed E-state index contributed by atoms with van der Waals surface area (Å²) in [4.78, 5) is 0. The van der Waals surface area contributed by atoms with Crippen LogP contribution >= 0.6 is 0 Å². The molecule has 0 aliphatic rings. The van der Waals surface area contributed by atoms with Gasteiger partial charge in [0.05, 0.1) is 6.10 Å². The summed E-state index contributed by atoms with van der Waals surface area (Å²) in [5.41, 5.74) is 0. The largest absolute Gasteiger partial charge is 0.381 e. The topological polar surface area (TPSA) is 9.23 Å². The van der Waals surface area contributed by atoms with Gasteiger partial charge in [0.25, 0.3) is 0 Å². The lowest BCUT2D eigenvalue weighted by molar-refractivity contribution is 0.141. The maximum atomic E-state index is 4.81. The maximum absolute atomic E-state index is 4.81. The smallest absolute Gasteiger partial charge is 0.0606 e. The molecule has 1 unspecified atom stereocenters. The van der Waals surface area contributed by atoms with Crippen LogP contribution in [0.1, 0.15) is 6.42 Å². The third kappa shape index (κ3) is 3.53. The van der Waals surface area contributed by atoms with E-state index < -0.39 is 0 Å². The minimum Gasteiger partial charge on any atom is -0.381 e. The lowest BCUT2D eigenvalue weighted by Crippen LogP contribution is -2.01.